The average molecular weight is 229 g/mol. The maximum Gasteiger partial charge on any atom is 0.323 e. The zero-order valence-corrected chi connectivity index (χ0v) is 10.7. The van der Waals surface area contributed by atoms with Crippen molar-refractivity contribution in [1.82, 2.24) is 4.90 Å². The van der Waals surface area contributed by atoms with Crippen molar-refractivity contribution >= 4 is 5.97 Å². The van der Waals surface area contributed by atoms with Crippen LogP contribution in [0.25, 0.3) is 0 Å². The van der Waals surface area contributed by atoms with Gasteiger partial charge in [-0.25, -0.2) is 0 Å². The van der Waals surface area contributed by atoms with E-state index in [0.29, 0.717) is 6.54 Å². The van der Waals surface area contributed by atoms with Crippen molar-refractivity contribution in [1.29, 1.82) is 0 Å². The lowest BCUT2D eigenvalue weighted by Gasteiger charge is -2.27. The molecule has 1 saturated heterocycles. The summed E-state index contributed by atoms with van der Waals surface area (Å²) in [6, 6.07) is -0.172. The number of aliphatic hydroxyl groups excluding tert-OH is 1. The van der Waals surface area contributed by atoms with E-state index >= 15 is 0 Å². The number of hydrogen-bond acceptors (Lipinski definition) is 4. The molecule has 0 aromatic heterocycles. The van der Waals surface area contributed by atoms with Crippen molar-refractivity contribution in [2.75, 3.05) is 13.1 Å². The molecule has 1 unspecified atom stereocenters. The second-order valence-electron chi connectivity index (χ2n) is 5.54. The maximum absolute atomic E-state index is 11.9. The number of likely N-dealkylation sites (tertiary alicyclic amines) is 1. The Morgan fingerprint density at radius 2 is 2.19 bits per heavy atom. The summed E-state index contributed by atoms with van der Waals surface area (Å²) in [6.07, 6.45) is 1.43. The Bertz CT molecular complexity index is 245. The Balaban J connectivity index is 2.54. The van der Waals surface area contributed by atoms with E-state index in [-0.39, 0.29) is 12.0 Å². The molecule has 0 aromatic rings. The lowest BCUT2D eigenvalue weighted by molar-refractivity contribution is -0.160. The van der Waals surface area contributed by atoms with Crippen LogP contribution in [0.3, 0.4) is 0 Å². The molecule has 0 spiro atoms. The summed E-state index contributed by atoms with van der Waals surface area (Å²) in [7, 11) is 0. The molecule has 1 aliphatic rings. The van der Waals surface area contributed by atoms with E-state index in [1.165, 1.54) is 0 Å². The first-order valence-electron chi connectivity index (χ1n) is 5.94. The first kappa shape index (κ1) is 13.5. The number of β-amino-alcohol motifs (C(OH)–C–C–N with tert-alkyl or cyclic N) is 1. The molecule has 0 aliphatic carbocycles. The standard InChI is InChI=1S/C12H23NO3/c1-9(14)8-13-7-5-6-10(13)11(15)16-12(2,3)4/h9-10,14H,5-8H2,1-4H3/t9?,10-/m0/s1. The highest BCUT2D eigenvalue weighted by atomic mass is 16.6. The van der Waals surface area contributed by atoms with Gasteiger partial charge in [-0.05, 0) is 47.1 Å². The molecule has 0 amide bonds. The lowest BCUT2D eigenvalue weighted by Crippen LogP contribution is -2.43. The van der Waals surface area contributed by atoms with Crippen LogP contribution in [0.4, 0.5) is 0 Å². The number of rotatable bonds is 3. The van der Waals surface area contributed by atoms with Gasteiger partial charge in [-0.15, -0.1) is 0 Å². The minimum Gasteiger partial charge on any atom is -0.459 e. The summed E-state index contributed by atoms with van der Waals surface area (Å²) in [5.74, 6) is -0.161. The van der Waals surface area contributed by atoms with Gasteiger partial charge in [-0.2, -0.15) is 0 Å². The number of esters is 1. The Kier molecular flexibility index (Phi) is 4.33. The molecular weight excluding hydrogens is 206 g/mol. The molecule has 1 fully saturated rings. The first-order chi connectivity index (χ1) is 7.29. The smallest absolute Gasteiger partial charge is 0.323 e. The molecule has 1 rings (SSSR count). The van der Waals surface area contributed by atoms with Gasteiger partial charge >= 0.3 is 5.97 Å². The summed E-state index contributed by atoms with van der Waals surface area (Å²) < 4.78 is 5.37. The fourth-order valence-electron chi connectivity index (χ4n) is 2.02. The minimum atomic E-state index is -0.434. The van der Waals surface area contributed by atoms with Crippen LogP contribution in [0.15, 0.2) is 0 Å². The van der Waals surface area contributed by atoms with Gasteiger partial charge in [0, 0.05) is 6.54 Å². The van der Waals surface area contributed by atoms with Gasteiger partial charge in [0.1, 0.15) is 11.6 Å². The van der Waals surface area contributed by atoms with Crippen LogP contribution in [-0.2, 0) is 9.53 Å². The highest BCUT2D eigenvalue weighted by Crippen LogP contribution is 2.21. The van der Waals surface area contributed by atoms with Gasteiger partial charge in [-0.3, -0.25) is 9.69 Å². The number of aliphatic hydroxyl groups is 1. The van der Waals surface area contributed by atoms with Gasteiger partial charge in [0.2, 0.25) is 0 Å². The second-order valence-corrected chi connectivity index (χ2v) is 5.54. The normalized spacial score (nSPS) is 24.4. The van der Waals surface area contributed by atoms with Gasteiger partial charge in [0.25, 0.3) is 0 Å². The van der Waals surface area contributed by atoms with Crippen LogP contribution in [-0.4, -0.2) is 46.8 Å². The quantitative estimate of drug-likeness (QED) is 0.738. The summed E-state index contributed by atoms with van der Waals surface area (Å²) in [4.78, 5) is 13.9. The minimum absolute atomic E-state index is 0.161. The summed E-state index contributed by atoms with van der Waals surface area (Å²) in [5.41, 5.74) is -0.434. The predicted molar refractivity (Wildman–Crippen MR) is 62.1 cm³/mol. The van der Waals surface area contributed by atoms with Crippen LogP contribution in [0.1, 0.15) is 40.5 Å². The fourth-order valence-corrected chi connectivity index (χ4v) is 2.02. The van der Waals surface area contributed by atoms with Crippen molar-refractivity contribution in [3.63, 3.8) is 0 Å². The fraction of sp³-hybridized carbons (Fsp3) is 0.917. The SMILES string of the molecule is CC(O)CN1CCC[C@H]1C(=O)OC(C)(C)C. The van der Waals surface area contributed by atoms with Gasteiger partial charge in [0.15, 0.2) is 0 Å². The predicted octanol–water partition coefficient (Wildman–Crippen LogP) is 1.17. The van der Waals surface area contributed by atoms with Crippen LogP contribution >= 0.6 is 0 Å². The highest BCUT2D eigenvalue weighted by molar-refractivity contribution is 5.76. The molecule has 0 radical (unpaired) electrons. The molecule has 2 atom stereocenters. The van der Waals surface area contributed by atoms with Gasteiger partial charge < -0.3 is 9.84 Å². The number of carbonyl (C=O) groups is 1. The third kappa shape index (κ3) is 4.10. The zero-order chi connectivity index (χ0) is 12.3. The second kappa shape index (κ2) is 5.15. The van der Waals surface area contributed by atoms with E-state index in [2.05, 4.69) is 0 Å². The molecule has 94 valence electrons. The van der Waals surface area contributed by atoms with Crippen LogP contribution < -0.4 is 0 Å². The van der Waals surface area contributed by atoms with Crippen molar-refractivity contribution in [2.45, 2.75) is 58.3 Å². The Morgan fingerprint density at radius 1 is 1.56 bits per heavy atom. The van der Waals surface area contributed by atoms with Crippen LogP contribution in [0.2, 0.25) is 0 Å². The van der Waals surface area contributed by atoms with E-state index in [0.717, 1.165) is 19.4 Å². The largest absolute Gasteiger partial charge is 0.459 e. The van der Waals surface area contributed by atoms with Gasteiger partial charge in [-0.1, -0.05) is 0 Å². The molecule has 4 heteroatoms. The monoisotopic (exact) mass is 229 g/mol. The molecule has 1 aliphatic heterocycles. The van der Waals surface area contributed by atoms with Crippen molar-refractivity contribution in [2.24, 2.45) is 0 Å². The third-order valence-corrected chi connectivity index (χ3v) is 2.54. The molecule has 1 heterocycles. The Hall–Kier alpha value is -0.610. The number of nitrogens with zero attached hydrogens (tertiary/aromatic N) is 1. The van der Waals surface area contributed by atoms with E-state index in [1.54, 1.807) is 6.92 Å². The van der Waals surface area contributed by atoms with E-state index in [1.807, 2.05) is 25.7 Å². The number of hydrogen-bond donors (Lipinski definition) is 1. The van der Waals surface area contributed by atoms with Crippen molar-refractivity contribution < 1.29 is 14.6 Å². The highest BCUT2D eigenvalue weighted by Gasteiger charge is 2.34. The molecular formula is C12H23NO3. The topological polar surface area (TPSA) is 49.8 Å². The molecule has 0 bridgehead atoms. The van der Waals surface area contributed by atoms with Crippen molar-refractivity contribution in [3.05, 3.63) is 0 Å². The van der Waals surface area contributed by atoms with Crippen LogP contribution in [0.5, 0.6) is 0 Å². The molecule has 1 N–H and O–H groups in total. The third-order valence-electron chi connectivity index (χ3n) is 2.54. The van der Waals surface area contributed by atoms with E-state index < -0.39 is 11.7 Å². The average Bonchev–Trinajstić information content (AvgIpc) is 2.47. The van der Waals surface area contributed by atoms with E-state index in [4.69, 9.17) is 4.74 Å². The van der Waals surface area contributed by atoms with Crippen LogP contribution in [0, 0.1) is 0 Å². The first-order valence-corrected chi connectivity index (χ1v) is 5.94. The zero-order valence-electron chi connectivity index (χ0n) is 10.7. The molecule has 0 saturated carbocycles. The maximum atomic E-state index is 11.9. The Morgan fingerprint density at radius 3 is 2.69 bits per heavy atom. The molecule has 16 heavy (non-hydrogen) atoms. The molecule has 4 nitrogen and oxygen atoms in total. The summed E-state index contributed by atoms with van der Waals surface area (Å²) >= 11 is 0. The number of ether oxygens (including phenoxy) is 1. The Labute approximate surface area is 97.6 Å². The molecule has 0 aromatic carbocycles. The van der Waals surface area contributed by atoms with Crippen molar-refractivity contribution in [3.8, 4) is 0 Å². The summed E-state index contributed by atoms with van der Waals surface area (Å²) in [5, 5.41) is 9.35. The lowest BCUT2D eigenvalue weighted by atomic mass is 10.1. The van der Waals surface area contributed by atoms with Gasteiger partial charge in [0.05, 0.1) is 6.10 Å². The summed E-state index contributed by atoms with van der Waals surface area (Å²) in [6.45, 7) is 8.78. The van der Waals surface area contributed by atoms with E-state index in [9.17, 15) is 9.90 Å². The number of carbonyl (C=O) groups excluding carboxylic acids is 1.